The summed E-state index contributed by atoms with van der Waals surface area (Å²) >= 11 is 1.87. The second kappa shape index (κ2) is 11.4. The molecule has 1 aliphatic rings. The second-order valence-electron chi connectivity index (χ2n) is 12.8. The lowest BCUT2D eigenvalue weighted by Gasteiger charge is -2.27. The van der Waals surface area contributed by atoms with E-state index in [1.807, 2.05) is 11.3 Å². The van der Waals surface area contributed by atoms with Crippen molar-refractivity contribution in [2.75, 3.05) is 4.90 Å². The van der Waals surface area contributed by atoms with Crippen molar-refractivity contribution in [3.8, 4) is 11.1 Å². The van der Waals surface area contributed by atoms with Crippen LogP contribution in [0.3, 0.4) is 0 Å². The molecule has 2 aromatic heterocycles. The van der Waals surface area contributed by atoms with E-state index in [4.69, 9.17) is 4.42 Å². The first-order valence-corrected chi connectivity index (χ1v) is 17.7. The van der Waals surface area contributed by atoms with Gasteiger partial charge in [-0.1, -0.05) is 115 Å². The Labute approximate surface area is 288 Å². The highest BCUT2D eigenvalue weighted by Gasteiger charge is 2.20. The molecular formula is C46H31NOS. The monoisotopic (exact) mass is 645 g/mol. The van der Waals surface area contributed by atoms with E-state index < -0.39 is 0 Å². The maximum atomic E-state index is 6.56. The minimum absolute atomic E-state index is 0.906. The number of hydrogen-bond acceptors (Lipinski definition) is 3. The van der Waals surface area contributed by atoms with Crippen LogP contribution in [-0.4, -0.2) is 0 Å². The van der Waals surface area contributed by atoms with Crippen molar-refractivity contribution in [3.63, 3.8) is 0 Å². The van der Waals surface area contributed by atoms with E-state index in [9.17, 15) is 0 Å². The lowest BCUT2D eigenvalue weighted by atomic mass is 9.96. The van der Waals surface area contributed by atoms with Gasteiger partial charge in [0.15, 0.2) is 0 Å². The average Bonchev–Trinajstić information content (AvgIpc) is 3.75. The summed E-state index contributed by atoms with van der Waals surface area (Å²) in [6.45, 7) is 0. The van der Waals surface area contributed by atoms with E-state index in [1.165, 1.54) is 47.9 Å². The molecule has 0 amide bonds. The number of anilines is 3. The summed E-state index contributed by atoms with van der Waals surface area (Å²) in [5.74, 6) is 0. The van der Waals surface area contributed by atoms with Crippen molar-refractivity contribution in [3.05, 3.63) is 169 Å². The number of hydrogen-bond donors (Lipinski definition) is 0. The number of rotatable bonds is 5. The van der Waals surface area contributed by atoms with Gasteiger partial charge in [0.2, 0.25) is 0 Å². The highest BCUT2D eigenvalue weighted by atomic mass is 32.1. The Morgan fingerprint density at radius 1 is 0.592 bits per heavy atom. The fourth-order valence-electron chi connectivity index (χ4n) is 7.61. The van der Waals surface area contributed by atoms with Gasteiger partial charge in [-0.2, -0.15) is 0 Å². The Balaban J connectivity index is 1.17. The van der Waals surface area contributed by atoms with E-state index in [1.54, 1.807) is 0 Å². The fraction of sp³-hybridized carbons (Fsp3) is 0.0435. The molecule has 0 unspecified atom stereocenters. The summed E-state index contributed by atoms with van der Waals surface area (Å²) in [5.41, 5.74) is 10.3. The first-order valence-electron chi connectivity index (χ1n) is 16.9. The molecule has 0 fully saturated rings. The van der Waals surface area contributed by atoms with Crippen LogP contribution in [0.4, 0.5) is 17.1 Å². The molecule has 0 saturated carbocycles. The molecule has 0 aliphatic heterocycles. The molecular weight excluding hydrogens is 615 g/mol. The molecule has 2 heterocycles. The van der Waals surface area contributed by atoms with Crippen molar-refractivity contribution in [2.45, 2.75) is 12.8 Å². The number of furan rings is 1. The predicted octanol–water partition coefficient (Wildman–Crippen LogP) is 14.0. The van der Waals surface area contributed by atoms with Gasteiger partial charge in [0, 0.05) is 43.0 Å². The summed E-state index contributed by atoms with van der Waals surface area (Å²) in [5, 5.41) is 7.21. The van der Waals surface area contributed by atoms with Crippen LogP contribution in [0.5, 0.6) is 0 Å². The summed E-state index contributed by atoms with van der Waals surface area (Å²) in [6, 6.07) is 52.9. The number of fused-ring (bicyclic) bond motifs is 8. The minimum Gasteiger partial charge on any atom is -0.455 e. The summed E-state index contributed by atoms with van der Waals surface area (Å²) in [4.78, 5) is 2.43. The van der Waals surface area contributed by atoms with E-state index >= 15 is 0 Å². The van der Waals surface area contributed by atoms with E-state index in [-0.39, 0.29) is 0 Å². The molecule has 0 N–H and O–H groups in total. The molecule has 0 radical (unpaired) electrons. The molecule has 0 spiro atoms. The molecule has 49 heavy (non-hydrogen) atoms. The SMILES string of the molecule is C1=CCCC(c2ccc(N(c3cccc(-c4cccc5oc6c7ccccc7ccc6c45)c3)c3cccc4c3sc3ccccc34)cc2)=C1. The molecule has 0 saturated heterocycles. The number of benzene rings is 7. The van der Waals surface area contributed by atoms with Gasteiger partial charge in [0.25, 0.3) is 0 Å². The third-order valence-corrected chi connectivity index (χ3v) is 11.1. The largest absolute Gasteiger partial charge is 0.455 e. The van der Waals surface area contributed by atoms with Gasteiger partial charge in [0.05, 0.1) is 10.4 Å². The first kappa shape index (κ1) is 28.1. The maximum absolute atomic E-state index is 6.56. The third-order valence-electron chi connectivity index (χ3n) is 9.94. The zero-order valence-electron chi connectivity index (χ0n) is 26.8. The molecule has 1 aliphatic carbocycles. The zero-order chi connectivity index (χ0) is 32.3. The van der Waals surface area contributed by atoms with Gasteiger partial charge in [-0.25, -0.2) is 0 Å². The smallest absolute Gasteiger partial charge is 0.143 e. The van der Waals surface area contributed by atoms with E-state index in [0.717, 1.165) is 57.1 Å². The van der Waals surface area contributed by atoms with Crippen molar-refractivity contribution in [1.29, 1.82) is 0 Å². The van der Waals surface area contributed by atoms with Crippen LogP contribution in [0.25, 0.3) is 69.6 Å². The molecule has 0 atom stereocenters. The Kier molecular flexibility index (Phi) is 6.53. The molecule has 7 aromatic carbocycles. The van der Waals surface area contributed by atoms with Gasteiger partial charge >= 0.3 is 0 Å². The number of nitrogens with zero attached hydrogens (tertiary/aromatic N) is 1. The van der Waals surface area contributed by atoms with Crippen LogP contribution < -0.4 is 4.90 Å². The van der Waals surface area contributed by atoms with E-state index in [0.29, 0.717) is 0 Å². The summed E-state index contributed by atoms with van der Waals surface area (Å²) in [7, 11) is 0. The van der Waals surface area contributed by atoms with Crippen molar-refractivity contribution < 1.29 is 4.42 Å². The number of allylic oxidation sites excluding steroid dienone is 4. The number of thiophene rings is 1. The quantitative estimate of drug-likeness (QED) is 0.185. The van der Waals surface area contributed by atoms with Gasteiger partial charge in [-0.05, 0) is 89.0 Å². The molecule has 3 heteroatoms. The summed E-state index contributed by atoms with van der Waals surface area (Å²) < 4.78 is 9.15. The van der Waals surface area contributed by atoms with Gasteiger partial charge in [-0.15, -0.1) is 11.3 Å². The topological polar surface area (TPSA) is 16.4 Å². The Hall–Kier alpha value is -5.90. The third kappa shape index (κ3) is 4.62. The van der Waals surface area contributed by atoms with Crippen LogP contribution in [0.2, 0.25) is 0 Å². The molecule has 232 valence electrons. The highest BCUT2D eigenvalue weighted by molar-refractivity contribution is 7.26. The average molecular weight is 646 g/mol. The molecule has 2 nitrogen and oxygen atoms in total. The zero-order valence-corrected chi connectivity index (χ0v) is 27.6. The first-order chi connectivity index (χ1) is 24.3. The second-order valence-corrected chi connectivity index (χ2v) is 13.8. The summed E-state index contributed by atoms with van der Waals surface area (Å²) in [6.07, 6.45) is 8.84. The van der Waals surface area contributed by atoms with Crippen LogP contribution in [0, 0.1) is 0 Å². The van der Waals surface area contributed by atoms with Crippen LogP contribution in [0.15, 0.2) is 168 Å². The van der Waals surface area contributed by atoms with Crippen LogP contribution in [0.1, 0.15) is 18.4 Å². The van der Waals surface area contributed by atoms with Crippen molar-refractivity contribution in [2.24, 2.45) is 0 Å². The van der Waals surface area contributed by atoms with E-state index in [2.05, 4.69) is 169 Å². The fourth-order valence-corrected chi connectivity index (χ4v) is 8.82. The Bertz CT molecular complexity index is 2780. The van der Waals surface area contributed by atoms with Crippen molar-refractivity contribution >= 4 is 86.9 Å². The standard InChI is InChI=1S/C46H31NOS/c1-2-11-30(12-3-1)31-23-26-34(27-24-31)47(41-20-9-19-39-38-17-6-7-22-43(38)49-46(39)41)35-15-8-14-33(29-35)36-18-10-21-42-44(36)40-28-25-32-13-4-5-16-37(32)45(40)48-42/h1-2,4-11,13-29H,3,12H2. The van der Waals surface area contributed by atoms with Crippen molar-refractivity contribution in [1.82, 2.24) is 0 Å². The van der Waals surface area contributed by atoms with Crippen LogP contribution in [-0.2, 0) is 0 Å². The Morgan fingerprint density at radius 3 is 2.31 bits per heavy atom. The highest BCUT2D eigenvalue weighted by Crippen LogP contribution is 2.46. The lowest BCUT2D eigenvalue weighted by molar-refractivity contribution is 0.673. The van der Waals surface area contributed by atoms with Crippen LogP contribution >= 0.6 is 11.3 Å². The molecule has 9 aromatic rings. The Morgan fingerprint density at radius 2 is 1.41 bits per heavy atom. The normalized spacial score (nSPS) is 13.2. The van der Waals surface area contributed by atoms with Gasteiger partial charge < -0.3 is 9.32 Å². The molecule has 0 bridgehead atoms. The van der Waals surface area contributed by atoms with Gasteiger partial charge in [-0.3, -0.25) is 0 Å². The maximum Gasteiger partial charge on any atom is 0.143 e. The lowest BCUT2D eigenvalue weighted by Crippen LogP contribution is -2.10. The van der Waals surface area contributed by atoms with Gasteiger partial charge in [0.1, 0.15) is 11.2 Å². The minimum atomic E-state index is 0.906. The molecule has 10 rings (SSSR count). The predicted molar refractivity (Wildman–Crippen MR) is 211 cm³/mol.